The first-order valence-corrected chi connectivity index (χ1v) is 27.0. The zero-order chi connectivity index (χ0) is 50.1. The molecule has 0 unspecified atom stereocenters. The number of cyclic esters (lactones) is 1. The molecule has 4 N–H and O–H groups in total. The molecule has 72 heavy (non-hydrogen) atoms. The summed E-state index contributed by atoms with van der Waals surface area (Å²) in [5.74, 6) is 0.167. The standard InChI is InChI=1S/C57H74N8O7/c1-6-64-46-18-17-38-29-42(46)43(51(64)41-13-9-21-58-47(41)34(2)71-5)30-56(3,4)33-72-55(70)44-14-10-22-65(61-44)53(68)45(27-35-25-39(38)28-40(66)26-35)59-52(67)50(37-11-7-8-12-37)62-23-19-57(31-62)20-24-63(32-57)54(69)49-48(60-49)36-15-16-36/h9,13,17-18,21,25-26,28-29,34,36-37,44-45,48-50,60-61,66H,6-8,10-12,14-16,19-20,22-24,27,30-33H2,1-5H3,(H,59,67)/t34-,44-,45-,48+,49+,50-,57+/m0/s1. The Bertz CT molecular complexity index is 2750. The quantitative estimate of drug-likeness (QED) is 0.0984. The van der Waals surface area contributed by atoms with E-state index in [4.69, 9.17) is 14.5 Å². The van der Waals surface area contributed by atoms with Gasteiger partial charge >= 0.3 is 5.97 Å². The summed E-state index contributed by atoms with van der Waals surface area (Å²) in [5.41, 5.74) is 10.0. The van der Waals surface area contributed by atoms with Gasteiger partial charge < -0.3 is 29.4 Å². The molecule has 11 rings (SSSR count). The Kier molecular flexibility index (Phi) is 13.2. The number of nitrogens with one attached hydrogen (secondary N) is 3. The molecular formula is C57H74N8O7. The van der Waals surface area contributed by atoms with E-state index in [1.807, 2.05) is 19.1 Å². The van der Waals surface area contributed by atoms with E-state index in [0.717, 1.165) is 109 Å². The molecule has 2 aromatic carbocycles. The minimum atomic E-state index is -1.00. The summed E-state index contributed by atoms with van der Waals surface area (Å²) in [6.45, 7) is 12.5. The maximum Gasteiger partial charge on any atom is 0.324 e. The van der Waals surface area contributed by atoms with Crippen molar-refractivity contribution < 1.29 is 33.8 Å². The van der Waals surface area contributed by atoms with Gasteiger partial charge in [0.25, 0.3) is 5.91 Å². The van der Waals surface area contributed by atoms with E-state index < -0.39 is 29.5 Å². The van der Waals surface area contributed by atoms with E-state index in [1.165, 1.54) is 17.9 Å². The summed E-state index contributed by atoms with van der Waals surface area (Å²) >= 11 is 0. The lowest BCUT2D eigenvalue weighted by Crippen LogP contribution is -2.62. The Morgan fingerprint density at radius 2 is 1.78 bits per heavy atom. The number of rotatable bonds is 10. The number of benzene rings is 2. The first-order valence-electron chi connectivity index (χ1n) is 27.0. The Labute approximate surface area is 423 Å². The highest BCUT2D eigenvalue weighted by Gasteiger charge is 2.55. The second-order valence-electron chi connectivity index (χ2n) is 23.3. The molecule has 4 saturated heterocycles. The Morgan fingerprint density at radius 3 is 2.56 bits per heavy atom. The lowest BCUT2D eigenvalue weighted by atomic mass is 9.84. The fourth-order valence-electron chi connectivity index (χ4n) is 13.4. The van der Waals surface area contributed by atoms with Gasteiger partial charge in [-0.25, -0.2) is 5.43 Å². The van der Waals surface area contributed by atoms with Gasteiger partial charge in [0.15, 0.2) is 0 Å². The molecule has 6 fully saturated rings. The van der Waals surface area contributed by atoms with Gasteiger partial charge in [-0.1, -0.05) is 38.8 Å². The number of pyridine rings is 1. The highest BCUT2D eigenvalue weighted by molar-refractivity contribution is 5.96. The number of nitrogens with zero attached hydrogens (tertiary/aromatic N) is 5. The van der Waals surface area contributed by atoms with Crippen LogP contribution >= 0.6 is 0 Å². The largest absolute Gasteiger partial charge is 0.508 e. The lowest BCUT2D eigenvalue weighted by molar-refractivity contribution is -0.155. The Morgan fingerprint density at radius 1 is 0.972 bits per heavy atom. The number of aromatic hydroxyl groups is 1. The van der Waals surface area contributed by atoms with Crippen LogP contribution in [0, 0.1) is 22.7 Å². The number of ether oxygens (including phenoxy) is 2. The minimum absolute atomic E-state index is 0.0388. The first kappa shape index (κ1) is 48.9. The fourth-order valence-corrected chi connectivity index (χ4v) is 13.4. The third-order valence-electron chi connectivity index (χ3n) is 17.4. The number of hydrogen-bond donors (Lipinski definition) is 4. The molecule has 15 heteroatoms. The number of likely N-dealkylation sites (tertiary alicyclic amines) is 2. The van der Waals surface area contributed by atoms with Gasteiger partial charge in [-0.3, -0.25) is 39.4 Å². The maximum absolute atomic E-state index is 15.2. The zero-order valence-electron chi connectivity index (χ0n) is 42.9. The van der Waals surface area contributed by atoms with Gasteiger partial charge in [-0.15, -0.1) is 0 Å². The lowest BCUT2D eigenvalue weighted by Gasteiger charge is -2.37. The fraction of sp³-hybridized carbons (Fsp3) is 0.596. The molecule has 5 aliphatic heterocycles. The molecule has 3 amide bonds. The topological polar surface area (TPSA) is 181 Å². The Hall–Kier alpha value is -5.35. The van der Waals surface area contributed by atoms with Crippen LogP contribution in [0.15, 0.2) is 54.7 Å². The Balaban J connectivity index is 0.933. The SMILES string of the molecule is CCn1c(-c2cccnc2[C@H](C)OC)c2c3cc(ccc31)-c1cc(O)cc(c1)C[C@H](NC(=O)[C@H](C1CCCC1)N1CC[C@@]3(CCN(C(=O)[C@@H]4N[C@@H]4C4CC4)C3)C1)C(=O)N1CCC[C@H](N1)C(=O)OCC(C)(C)C2. The van der Waals surface area contributed by atoms with Gasteiger partial charge in [-0.2, -0.15) is 0 Å². The molecule has 4 aromatic rings. The van der Waals surface area contributed by atoms with Crippen LogP contribution in [0.25, 0.3) is 33.3 Å². The normalized spacial score (nSPS) is 27.8. The van der Waals surface area contributed by atoms with Crippen molar-refractivity contribution in [3.05, 3.63) is 71.5 Å². The zero-order valence-corrected chi connectivity index (χ0v) is 42.9. The van der Waals surface area contributed by atoms with Crippen LogP contribution in [0.4, 0.5) is 0 Å². The van der Waals surface area contributed by atoms with Crippen molar-refractivity contribution in [3.8, 4) is 28.1 Å². The van der Waals surface area contributed by atoms with Crippen LogP contribution in [-0.4, -0.2) is 130 Å². The number of carbonyl (C=O) groups is 4. The average molecular weight is 983 g/mol. The van der Waals surface area contributed by atoms with Crippen LogP contribution in [-0.2, 0) is 48.0 Å². The second-order valence-corrected chi connectivity index (χ2v) is 23.3. The summed E-state index contributed by atoms with van der Waals surface area (Å²) in [7, 11) is 1.69. The number of amides is 3. The summed E-state index contributed by atoms with van der Waals surface area (Å²) in [5, 5.41) is 20.8. The van der Waals surface area contributed by atoms with Crippen molar-refractivity contribution in [2.75, 3.05) is 46.4 Å². The van der Waals surface area contributed by atoms with E-state index in [0.29, 0.717) is 49.9 Å². The van der Waals surface area contributed by atoms with E-state index >= 15 is 9.59 Å². The summed E-state index contributed by atoms with van der Waals surface area (Å²) in [6.07, 6.45) is 11.6. The summed E-state index contributed by atoms with van der Waals surface area (Å²) < 4.78 is 14.4. The number of carbonyl (C=O) groups excluding carboxylic acids is 4. The van der Waals surface area contributed by atoms with Crippen LogP contribution in [0.5, 0.6) is 5.75 Å². The first-order chi connectivity index (χ1) is 34.7. The number of aryl methyl sites for hydroxylation is 1. The number of esters is 1. The highest BCUT2D eigenvalue weighted by atomic mass is 16.5. The van der Waals surface area contributed by atoms with Crippen molar-refractivity contribution in [2.45, 2.75) is 148 Å². The number of aromatic nitrogens is 2. The minimum Gasteiger partial charge on any atom is -0.508 e. The van der Waals surface area contributed by atoms with E-state index in [9.17, 15) is 14.7 Å². The molecule has 2 aromatic heterocycles. The second kappa shape index (κ2) is 19.5. The monoisotopic (exact) mass is 983 g/mol. The molecule has 6 bridgehead atoms. The van der Waals surface area contributed by atoms with E-state index in [2.05, 4.69) is 75.5 Å². The van der Waals surface area contributed by atoms with Crippen molar-refractivity contribution in [1.29, 1.82) is 0 Å². The molecule has 7 atom stereocenters. The molecule has 15 nitrogen and oxygen atoms in total. The molecule has 7 aliphatic rings. The van der Waals surface area contributed by atoms with Gasteiger partial charge in [0.2, 0.25) is 11.8 Å². The van der Waals surface area contributed by atoms with Gasteiger partial charge in [-0.05, 0) is 149 Å². The van der Waals surface area contributed by atoms with Gasteiger partial charge in [0.1, 0.15) is 23.9 Å². The van der Waals surface area contributed by atoms with Crippen molar-refractivity contribution in [2.24, 2.45) is 22.7 Å². The van der Waals surface area contributed by atoms with Crippen molar-refractivity contribution >= 4 is 34.6 Å². The van der Waals surface area contributed by atoms with Crippen LogP contribution in [0.2, 0.25) is 0 Å². The molecular weight excluding hydrogens is 909 g/mol. The molecule has 1 spiro atoms. The summed E-state index contributed by atoms with van der Waals surface area (Å²) in [6, 6.07) is 14.1. The number of fused-ring (bicyclic) bond motifs is 6. The van der Waals surface area contributed by atoms with Crippen LogP contribution in [0.3, 0.4) is 0 Å². The number of hydrogen-bond acceptors (Lipinski definition) is 11. The third kappa shape index (κ3) is 9.55. The van der Waals surface area contributed by atoms with Crippen LogP contribution < -0.4 is 16.1 Å². The molecule has 7 heterocycles. The van der Waals surface area contributed by atoms with Gasteiger partial charge in [0, 0.05) is 85.8 Å². The van der Waals surface area contributed by atoms with Crippen molar-refractivity contribution in [1.82, 2.24) is 40.4 Å². The molecule has 2 saturated carbocycles. The smallest absolute Gasteiger partial charge is 0.324 e. The van der Waals surface area contributed by atoms with Crippen LogP contribution in [0.1, 0.15) is 115 Å². The molecule has 2 aliphatic carbocycles. The molecule has 384 valence electrons. The van der Waals surface area contributed by atoms with Crippen molar-refractivity contribution in [3.63, 3.8) is 0 Å². The third-order valence-corrected chi connectivity index (χ3v) is 17.4. The average Bonchev–Trinajstić information content (AvgIpc) is 4.19. The number of phenolic OH excluding ortho intramolecular Hbond substituents is 1. The van der Waals surface area contributed by atoms with Gasteiger partial charge in [0.05, 0.1) is 30.1 Å². The van der Waals surface area contributed by atoms with E-state index in [-0.39, 0.29) is 60.0 Å². The number of hydrazine groups is 1. The predicted octanol–water partition coefficient (Wildman–Crippen LogP) is 6.69. The maximum atomic E-state index is 15.2. The highest BCUT2D eigenvalue weighted by Crippen LogP contribution is 2.46. The molecule has 0 radical (unpaired) electrons. The number of phenols is 1. The number of methoxy groups -OCH3 is 1. The summed E-state index contributed by atoms with van der Waals surface area (Å²) in [4.78, 5) is 67.2. The predicted molar refractivity (Wildman–Crippen MR) is 274 cm³/mol. The van der Waals surface area contributed by atoms with E-state index in [1.54, 1.807) is 25.4 Å².